The molecular weight excluding hydrogens is 362 g/mol. The van der Waals surface area contributed by atoms with Crippen molar-refractivity contribution in [2.24, 2.45) is 0 Å². The second kappa shape index (κ2) is 8.95. The highest BCUT2D eigenvalue weighted by Crippen LogP contribution is 2.29. The maximum absolute atomic E-state index is 12.1. The molecule has 1 aromatic carbocycles. The third-order valence-electron chi connectivity index (χ3n) is 4.64. The zero-order chi connectivity index (χ0) is 19.2. The highest BCUT2D eigenvalue weighted by Gasteiger charge is 2.22. The minimum absolute atomic E-state index is 0.0185. The second-order valence-corrected chi connectivity index (χ2v) is 7.99. The summed E-state index contributed by atoms with van der Waals surface area (Å²) in [6, 6.07) is 11.7. The van der Waals surface area contributed by atoms with E-state index in [0.29, 0.717) is 4.88 Å². The number of ether oxygens (including phenoxy) is 1. The van der Waals surface area contributed by atoms with Gasteiger partial charge in [0, 0.05) is 11.3 Å². The lowest BCUT2D eigenvalue weighted by Crippen LogP contribution is -2.34. The lowest BCUT2D eigenvalue weighted by atomic mass is 9.88. The Morgan fingerprint density at radius 2 is 1.96 bits per heavy atom. The quantitative estimate of drug-likeness (QED) is 0.582. The van der Waals surface area contributed by atoms with Crippen LogP contribution in [0, 0.1) is 6.92 Å². The number of thiophene rings is 1. The number of hydrogen-bond acceptors (Lipinski definition) is 5. The topological polar surface area (TPSA) is 72.5 Å². The first kappa shape index (κ1) is 19.3. The Bertz CT molecular complexity index is 842. The summed E-state index contributed by atoms with van der Waals surface area (Å²) in [4.78, 5) is 37.7. The molecule has 0 aliphatic heterocycles. The van der Waals surface area contributed by atoms with Gasteiger partial charge in [-0.05, 0) is 49.4 Å². The van der Waals surface area contributed by atoms with Crippen molar-refractivity contribution in [3.8, 4) is 0 Å². The van der Waals surface area contributed by atoms with Gasteiger partial charge in [-0.2, -0.15) is 0 Å². The number of carbonyl (C=O) groups is 3. The molecule has 0 saturated carbocycles. The first-order chi connectivity index (χ1) is 13.0. The minimum Gasteiger partial charge on any atom is -0.456 e. The Balaban J connectivity index is 1.41. The molecule has 0 fully saturated rings. The molecule has 1 aliphatic carbocycles. The number of esters is 1. The number of rotatable bonds is 7. The molecule has 1 amide bonds. The molecule has 2 aromatic rings. The average Bonchev–Trinajstić information content (AvgIpc) is 3.11. The van der Waals surface area contributed by atoms with Crippen LogP contribution in [0.1, 0.15) is 57.4 Å². The summed E-state index contributed by atoms with van der Waals surface area (Å²) in [7, 11) is 0. The van der Waals surface area contributed by atoms with Crippen LogP contribution in [0.25, 0.3) is 0 Å². The van der Waals surface area contributed by atoms with Gasteiger partial charge in [0.15, 0.2) is 12.4 Å². The Morgan fingerprint density at radius 1 is 1.15 bits per heavy atom. The molecule has 0 bridgehead atoms. The molecule has 5 nitrogen and oxygen atoms in total. The zero-order valence-electron chi connectivity index (χ0n) is 15.3. The van der Waals surface area contributed by atoms with Gasteiger partial charge in [0.05, 0.1) is 17.3 Å². The van der Waals surface area contributed by atoms with Crippen molar-refractivity contribution in [3.63, 3.8) is 0 Å². The Labute approximate surface area is 162 Å². The first-order valence-electron chi connectivity index (χ1n) is 9.15. The molecule has 142 valence electrons. The predicted octanol–water partition coefficient (Wildman–Crippen LogP) is 3.76. The van der Waals surface area contributed by atoms with Crippen LogP contribution in [0.2, 0.25) is 0 Å². The first-order valence-corrected chi connectivity index (χ1v) is 9.97. The fourth-order valence-corrected chi connectivity index (χ4v) is 4.12. The van der Waals surface area contributed by atoms with Gasteiger partial charge in [-0.25, -0.2) is 0 Å². The molecular formula is C21H23NO4S. The van der Waals surface area contributed by atoms with E-state index in [9.17, 15) is 14.4 Å². The van der Waals surface area contributed by atoms with Crippen LogP contribution in [-0.2, 0) is 20.7 Å². The molecule has 0 radical (unpaired) electrons. The van der Waals surface area contributed by atoms with E-state index in [4.69, 9.17) is 4.74 Å². The lowest BCUT2D eigenvalue weighted by molar-refractivity contribution is -0.148. The van der Waals surface area contributed by atoms with Crippen LogP contribution >= 0.6 is 11.3 Å². The van der Waals surface area contributed by atoms with E-state index >= 15 is 0 Å². The maximum Gasteiger partial charge on any atom is 0.306 e. The number of ketones is 1. The molecule has 1 atom stereocenters. The number of aryl methyl sites for hydroxylation is 2. The fourth-order valence-electron chi connectivity index (χ4n) is 3.28. The second-order valence-electron chi connectivity index (χ2n) is 6.71. The summed E-state index contributed by atoms with van der Waals surface area (Å²) >= 11 is 1.41. The SMILES string of the molecule is Cc1ccc(C(=O)CCC(=O)OCC(=O)NC2CCCc3ccccc32)s1. The van der Waals surface area contributed by atoms with Crippen molar-refractivity contribution in [3.05, 3.63) is 57.3 Å². The van der Waals surface area contributed by atoms with Crippen molar-refractivity contribution < 1.29 is 19.1 Å². The van der Waals surface area contributed by atoms with E-state index in [1.165, 1.54) is 16.9 Å². The molecule has 3 rings (SSSR count). The van der Waals surface area contributed by atoms with Crippen molar-refractivity contribution >= 4 is 29.0 Å². The normalized spacial score (nSPS) is 15.7. The smallest absolute Gasteiger partial charge is 0.306 e. The largest absolute Gasteiger partial charge is 0.456 e. The van der Waals surface area contributed by atoms with E-state index < -0.39 is 5.97 Å². The van der Waals surface area contributed by atoms with Crippen LogP contribution < -0.4 is 5.32 Å². The number of amides is 1. The van der Waals surface area contributed by atoms with Crippen molar-refractivity contribution in [1.29, 1.82) is 0 Å². The van der Waals surface area contributed by atoms with E-state index in [1.54, 1.807) is 6.07 Å². The number of benzene rings is 1. The number of hydrogen-bond donors (Lipinski definition) is 1. The van der Waals surface area contributed by atoms with Gasteiger partial charge in [0.2, 0.25) is 0 Å². The predicted molar refractivity (Wildman–Crippen MR) is 104 cm³/mol. The summed E-state index contributed by atoms with van der Waals surface area (Å²) in [6.45, 7) is 1.61. The van der Waals surface area contributed by atoms with Gasteiger partial charge in [-0.15, -0.1) is 11.3 Å². The van der Waals surface area contributed by atoms with Crippen molar-refractivity contribution in [1.82, 2.24) is 5.32 Å². The average molecular weight is 385 g/mol. The molecule has 6 heteroatoms. The molecule has 1 heterocycles. The summed E-state index contributed by atoms with van der Waals surface area (Å²) in [5.41, 5.74) is 2.40. The highest BCUT2D eigenvalue weighted by molar-refractivity contribution is 7.14. The third kappa shape index (κ3) is 5.26. The lowest BCUT2D eigenvalue weighted by Gasteiger charge is -2.26. The van der Waals surface area contributed by atoms with E-state index in [-0.39, 0.29) is 37.2 Å². The van der Waals surface area contributed by atoms with E-state index in [2.05, 4.69) is 11.4 Å². The van der Waals surface area contributed by atoms with Gasteiger partial charge < -0.3 is 10.1 Å². The third-order valence-corrected chi connectivity index (χ3v) is 5.68. The molecule has 1 aromatic heterocycles. The van der Waals surface area contributed by atoms with Crippen LogP contribution in [0.5, 0.6) is 0 Å². The van der Waals surface area contributed by atoms with Gasteiger partial charge >= 0.3 is 5.97 Å². The summed E-state index contributed by atoms with van der Waals surface area (Å²) in [5, 5.41) is 2.94. The van der Waals surface area contributed by atoms with Crippen molar-refractivity contribution in [2.75, 3.05) is 6.61 Å². The van der Waals surface area contributed by atoms with Crippen LogP contribution in [0.3, 0.4) is 0 Å². The number of carbonyl (C=O) groups excluding carboxylic acids is 3. The molecule has 1 unspecified atom stereocenters. The van der Waals surface area contributed by atoms with E-state index in [0.717, 1.165) is 29.7 Å². The Morgan fingerprint density at radius 3 is 2.74 bits per heavy atom. The summed E-state index contributed by atoms with van der Waals surface area (Å²) in [5.74, 6) is -0.922. The van der Waals surface area contributed by atoms with Crippen LogP contribution in [0.4, 0.5) is 0 Å². The molecule has 1 N–H and O–H groups in total. The van der Waals surface area contributed by atoms with Crippen LogP contribution in [0.15, 0.2) is 36.4 Å². The van der Waals surface area contributed by atoms with Gasteiger partial charge in [0.25, 0.3) is 5.91 Å². The number of fused-ring (bicyclic) bond motifs is 1. The monoisotopic (exact) mass is 385 g/mol. The maximum atomic E-state index is 12.1. The summed E-state index contributed by atoms with van der Waals surface area (Å²) < 4.78 is 5.03. The number of nitrogens with one attached hydrogen (secondary N) is 1. The van der Waals surface area contributed by atoms with Crippen LogP contribution in [-0.4, -0.2) is 24.3 Å². The molecule has 0 saturated heterocycles. The van der Waals surface area contributed by atoms with Gasteiger partial charge in [0.1, 0.15) is 0 Å². The van der Waals surface area contributed by atoms with Gasteiger partial charge in [-0.3, -0.25) is 14.4 Å². The zero-order valence-corrected chi connectivity index (χ0v) is 16.1. The minimum atomic E-state index is -0.532. The standard InChI is InChI=1S/C21H23NO4S/c1-14-9-11-19(27-14)18(23)10-12-21(25)26-13-20(24)22-17-8-4-6-15-5-2-3-7-16(15)17/h2-3,5,7,9,11,17H,4,6,8,10,12-13H2,1H3,(H,22,24). The summed E-state index contributed by atoms with van der Waals surface area (Å²) in [6.07, 6.45) is 3.00. The van der Waals surface area contributed by atoms with E-state index in [1.807, 2.05) is 31.2 Å². The van der Waals surface area contributed by atoms with Crippen molar-refractivity contribution in [2.45, 2.75) is 45.1 Å². The number of Topliss-reactive ketones (excluding diaryl/α,β-unsaturated/α-hetero) is 1. The Hall–Kier alpha value is -2.47. The Kier molecular flexibility index (Phi) is 6.40. The molecule has 1 aliphatic rings. The molecule has 27 heavy (non-hydrogen) atoms. The molecule has 0 spiro atoms. The highest BCUT2D eigenvalue weighted by atomic mass is 32.1. The fraction of sp³-hybridized carbons (Fsp3) is 0.381. The van der Waals surface area contributed by atoms with Gasteiger partial charge in [-0.1, -0.05) is 24.3 Å².